The Labute approximate surface area is 223 Å². The molecule has 3 N–H and O–H groups in total. The van der Waals surface area contributed by atoms with Gasteiger partial charge < -0.3 is 20.5 Å². The fraction of sp³-hybridized carbons (Fsp3) is 0.214. The van der Waals surface area contributed by atoms with Crippen molar-refractivity contribution in [1.82, 2.24) is 14.9 Å². The first kappa shape index (κ1) is 26.0. The lowest BCUT2D eigenvalue weighted by molar-refractivity contribution is -0.137. The second-order valence-electron chi connectivity index (χ2n) is 9.26. The number of nitrogens with one attached hydrogen (secondary N) is 3. The quantitative estimate of drug-likeness (QED) is 0.418. The first-order chi connectivity index (χ1) is 18.7. The van der Waals surface area contributed by atoms with Crippen LogP contribution in [0.25, 0.3) is 5.69 Å². The molecule has 0 atom stereocenters. The number of carbonyl (C=O) groups excluding carboxylic acids is 1. The van der Waals surface area contributed by atoms with Gasteiger partial charge in [-0.1, -0.05) is 12.1 Å². The Morgan fingerprint density at radius 1 is 1.13 bits per heavy atom. The molecule has 0 fully saturated rings. The van der Waals surface area contributed by atoms with Crippen LogP contribution in [-0.4, -0.2) is 40.7 Å². The van der Waals surface area contributed by atoms with Crippen molar-refractivity contribution in [3.05, 3.63) is 94.7 Å². The van der Waals surface area contributed by atoms with Crippen LogP contribution < -0.4 is 16.0 Å². The highest BCUT2D eigenvalue weighted by Crippen LogP contribution is 2.33. The maximum Gasteiger partial charge on any atom is 0.416 e. The van der Waals surface area contributed by atoms with E-state index < -0.39 is 17.6 Å². The third kappa shape index (κ3) is 6.08. The fourth-order valence-corrected chi connectivity index (χ4v) is 4.24. The molecule has 0 saturated heterocycles. The Morgan fingerprint density at radius 3 is 2.69 bits per heavy atom. The Balaban J connectivity index is 1.37. The summed E-state index contributed by atoms with van der Waals surface area (Å²) >= 11 is 0. The smallest absolute Gasteiger partial charge is 0.329 e. The van der Waals surface area contributed by atoms with E-state index in [9.17, 15) is 18.0 Å². The number of hydrogen-bond acceptors (Lipinski definition) is 6. The molecular weight excluding hydrogens is 507 g/mol. The van der Waals surface area contributed by atoms with Crippen LogP contribution in [0.3, 0.4) is 0 Å². The summed E-state index contributed by atoms with van der Waals surface area (Å²) in [6.45, 7) is 4.82. The number of hydrogen-bond donors (Lipinski definition) is 3. The zero-order chi connectivity index (χ0) is 27.6. The number of aromatic nitrogens is 2. The van der Waals surface area contributed by atoms with Crippen molar-refractivity contribution in [2.45, 2.75) is 26.4 Å². The molecule has 0 bridgehead atoms. The number of nitrogens with zero attached hydrogens (tertiary/aromatic N) is 4. The number of allylic oxidation sites excluding steroid dienone is 1. The normalized spacial score (nSPS) is 17.0. The zero-order valence-electron chi connectivity index (χ0n) is 21.3. The van der Waals surface area contributed by atoms with Gasteiger partial charge in [0.15, 0.2) is 5.96 Å². The Hall–Kier alpha value is -4.67. The molecule has 3 heterocycles. The number of alkyl halides is 3. The predicted molar refractivity (Wildman–Crippen MR) is 146 cm³/mol. The van der Waals surface area contributed by atoms with Gasteiger partial charge in [-0.05, 0) is 61.4 Å². The number of dihydropyridines is 1. The summed E-state index contributed by atoms with van der Waals surface area (Å²) in [5.41, 5.74) is 3.94. The minimum absolute atomic E-state index is 0.0176. The van der Waals surface area contributed by atoms with Gasteiger partial charge in [0.1, 0.15) is 0 Å². The van der Waals surface area contributed by atoms with Crippen LogP contribution in [0.2, 0.25) is 0 Å². The van der Waals surface area contributed by atoms with E-state index in [4.69, 9.17) is 0 Å². The monoisotopic (exact) mass is 533 g/mol. The number of imidazole rings is 1. The fourth-order valence-electron chi connectivity index (χ4n) is 4.24. The lowest BCUT2D eigenvalue weighted by Gasteiger charge is -2.22. The van der Waals surface area contributed by atoms with Crippen LogP contribution in [0.4, 0.5) is 24.5 Å². The molecule has 0 unspecified atom stereocenters. The van der Waals surface area contributed by atoms with Gasteiger partial charge in [0, 0.05) is 53.7 Å². The highest BCUT2D eigenvalue weighted by Gasteiger charge is 2.31. The summed E-state index contributed by atoms with van der Waals surface area (Å²) in [6, 6.07) is 8.44. The van der Waals surface area contributed by atoms with Crippen molar-refractivity contribution < 1.29 is 18.0 Å². The van der Waals surface area contributed by atoms with Crippen LogP contribution in [0, 0.1) is 13.8 Å². The maximum atomic E-state index is 13.6. The van der Waals surface area contributed by atoms with Crippen LogP contribution in [0.5, 0.6) is 0 Å². The van der Waals surface area contributed by atoms with E-state index in [2.05, 4.69) is 30.9 Å². The summed E-state index contributed by atoms with van der Waals surface area (Å²) < 4.78 is 42.3. The number of guanidine groups is 1. The van der Waals surface area contributed by atoms with E-state index in [1.807, 2.05) is 19.1 Å². The molecular formula is C28H26F3N7O. The molecule has 11 heteroatoms. The van der Waals surface area contributed by atoms with Crippen LogP contribution in [0.1, 0.15) is 33.6 Å². The van der Waals surface area contributed by atoms with E-state index in [1.165, 1.54) is 17.0 Å². The van der Waals surface area contributed by atoms with E-state index in [0.717, 1.165) is 35.4 Å². The number of halogens is 3. The van der Waals surface area contributed by atoms with Crippen LogP contribution >= 0.6 is 0 Å². The first-order valence-corrected chi connectivity index (χ1v) is 12.3. The average Bonchev–Trinajstić information content (AvgIpc) is 3.36. The molecule has 2 aliphatic heterocycles. The number of amides is 1. The van der Waals surface area contributed by atoms with Crippen molar-refractivity contribution in [3.63, 3.8) is 0 Å². The second kappa shape index (κ2) is 10.6. The van der Waals surface area contributed by atoms with E-state index in [0.29, 0.717) is 30.4 Å². The number of aliphatic imine (C=N–C) groups is 2. The second-order valence-corrected chi connectivity index (χ2v) is 9.26. The minimum Gasteiger partial charge on any atom is -0.329 e. The summed E-state index contributed by atoms with van der Waals surface area (Å²) in [5, 5.41) is 9.17. The molecule has 3 aromatic rings. The van der Waals surface area contributed by atoms with E-state index in [-0.39, 0.29) is 16.9 Å². The van der Waals surface area contributed by atoms with Crippen LogP contribution in [0.15, 0.2) is 82.3 Å². The van der Waals surface area contributed by atoms with E-state index >= 15 is 0 Å². The Kier molecular flexibility index (Phi) is 7.05. The molecule has 0 saturated carbocycles. The molecule has 200 valence electrons. The molecule has 0 aliphatic carbocycles. The van der Waals surface area contributed by atoms with Gasteiger partial charge in [0.25, 0.3) is 5.91 Å². The summed E-state index contributed by atoms with van der Waals surface area (Å²) in [4.78, 5) is 26.0. The maximum absolute atomic E-state index is 13.6. The van der Waals surface area contributed by atoms with Crippen molar-refractivity contribution in [1.29, 1.82) is 0 Å². The van der Waals surface area contributed by atoms with Crippen molar-refractivity contribution in [2.24, 2.45) is 9.98 Å². The molecule has 39 heavy (non-hydrogen) atoms. The third-order valence-corrected chi connectivity index (χ3v) is 6.30. The van der Waals surface area contributed by atoms with Crippen molar-refractivity contribution >= 4 is 29.5 Å². The van der Waals surface area contributed by atoms with Gasteiger partial charge in [-0.2, -0.15) is 13.2 Å². The number of benzene rings is 2. The highest BCUT2D eigenvalue weighted by molar-refractivity contribution is 6.06. The number of rotatable bonds is 4. The van der Waals surface area contributed by atoms with E-state index in [1.54, 1.807) is 37.5 Å². The Morgan fingerprint density at radius 2 is 1.97 bits per heavy atom. The van der Waals surface area contributed by atoms with Gasteiger partial charge in [0.05, 0.1) is 24.1 Å². The molecule has 1 amide bonds. The molecule has 8 nitrogen and oxygen atoms in total. The lowest BCUT2D eigenvalue weighted by Crippen LogP contribution is -2.35. The van der Waals surface area contributed by atoms with Crippen molar-refractivity contribution in [2.75, 3.05) is 23.7 Å². The van der Waals surface area contributed by atoms with Gasteiger partial charge in [-0.25, -0.2) is 4.98 Å². The average molecular weight is 534 g/mol. The Bertz CT molecular complexity index is 1550. The molecule has 1 aromatic heterocycles. The van der Waals surface area contributed by atoms with Gasteiger partial charge >= 0.3 is 6.18 Å². The topological polar surface area (TPSA) is 95.7 Å². The standard InChI is InChI=1S/C28H26F3N7O/c1-17-5-6-19(10-25(17)37-27-33-9-7-24(36-27)20-4-3-8-32-14-20)26(39)35-22-11-21(28(29,30)31)12-23(13-22)38-15-18(2)34-16-38/h3-6,8,10-13,15-16H,7,9,14H2,1-2H3,(H,35,39)(H2,33,36,37)/b24-20+. The predicted octanol–water partition coefficient (Wildman–Crippen LogP) is 5.42. The number of aryl methyl sites for hydroxylation is 2. The summed E-state index contributed by atoms with van der Waals surface area (Å²) in [5.74, 6) is 0.00203. The molecule has 0 spiro atoms. The molecule has 2 aliphatic rings. The van der Waals surface area contributed by atoms with Gasteiger partial charge in [-0.15, -0.1) is 0 Å². The largest absolute Gasteiger partial charge is 0.416 e. The summed E-state index contributed by atoms with van der Waals surface area (Å²) in [7, 11) is 0. The third-order valence-electron chi connectivity index (χ3n) is 6.30. The van der Waals surface area contributed by atoms with Gasteiger partial charge in [-0.3, -0.25) is 14.8 Å². The molecule has 5 rings (SSSR count). The van der Waals surface area contributed by atoms with Crippen molar-refractivity contribution in [3.8, 4) is 5.69 Å². The lowest BCUT2D eigenvalue weighted by atomic mass is 10.1. The molecule has 0 radical (unpaired) electrons. The molecule has 2 aromatic carbocycles. The highest BCUT2D eigenvalue weighted by atomic mass is 19.4. The first-order valence-electron chi connectivity index (χ1n) is 12.3. The number of carbonyl (C=O) groups is 1. The van der Waals surface area contributed by atoms with Gasteiger partial charge in [0.2, 0.25) is 0 Å². The summed E-state index contributed by atoms with van der Waals surface area (Å²) in [6.07, 6.45) is 4.88. The minimum atomic E-state index is -4.59. The zero-order valence-corrected chi connectivity index (χ0v) is 21.3. The SMILES string of the molecule is Cc1cn(-c2cc(NC(=O)c3ccc(C)c(NC4=NCC/C(=C5/C=CC=NC5)N4)c3)cc(C(F)(F)F)c2)cn1. The number of anilines is 2. The van der Waals surface area contributed by atoms with Crippen LogP contribution in [-0.2, 0) is 6.18 Å².